The van der Waals surface area contributed by atoms with Crippen molar-refractivity contribution in [3.63, 3.8) is 0 Å². The lowest BCUT2D eigenvalue weighted by molar-refractivity contribution is -0.120. The molecular weight excluding hydrogens is 256 g/mol. The van der Waals surface area contributed by atoms with E-state index >= 15 is 0 Å². The standard InChI is InChI=1S/C11H15ClN4O2/c1-5(2)9(10(14)17)16-11(18)6-3-8(12)15-4-7(6)13/h3-5,9H,13H2,1-2H3,(H2,14,17)(H,16,18). The van der Waals surface area contributed by atoms with Gasteiger partial charge in [0.1, 0.15) is 11.2 Å². The van der Waals surface area contributed by atoms with Crippen LogP contribution in [-0.4, -0.2) is 22.8 Å². The number of hydrogen-bond donors (Lipinski definition) is 3. The van der Waals surface area contributed by atoms with E-state index in [0.717, 1.165) is 0 Å². The molecule has 6 nitrogen and oxygen atoms in total. The van der Waals surface area contributed by atoms with E-state index in [1.807, 2.05) is 0 Å². The van der Waals surface area contributed by atoms with E-state index < -0.39 is 17.9 Å². The van der Waals surface area contributed by atoms with Crippen LogP contribution in [0.2, 0.25) is 5.15 Å². The lowest BCUT2D eigenvalue weighted by Gasteiger charge is -2.19. The van der Waals surface area contributed by atoms with Crippen LogP contribution in [0.5, 0.6) is 0 Å². The van der Waals surface area contributed by atoms with Gasteiger partial charge in [-0.2, -0.15) is 0 Å². The molecule has 7 heteroatoms. The first kappa shape index (κ1) is 14.2. The number of hydrogen-bond acceptors (Lipinski definition) is 4. The fourth-order valence-electron chi connectivity index (χ4n) is 1.42. The number of primary amides is 1. The van der Waals surface area contributed by atoms with Gasteiger partial charge in [-0.05, 0) is 12.0 Å². The summed E-state index contributed by atoms with van der Waals surface area (Å²) in [6.07, 6.45) is 1.28. The topological polar surface area (TPSA) is 111 Å². The molecular formula is C11H15ClN4O2. The minimum Gasteiger partial charge on any atom is -0.397 e. The number of rotatable bonds is 4. The van der Waals surface area contributed by atoms with Crippen LogP contribution in [0.15, 0.2) is 12.3 Å². The van der Waals surface area contributed by atoms with E-state index in [1.165, 1.54) is 12.3 Å². The van der Waals surface area contributed by atoms with Crippen LogP contribution in [0, 0.1) is 5.92 Å². The molecule has 1 aromatic rings. The molecule has 5 N–H and O–H groups in total. The summed E-state index contributed by atoms with van der Waals surface area (Å²) in [6, 6.07) is 0.578. The summed E-state index contributed by atoms with van der Waals surface area (Å²) in [5.74, 6) is -1.23. The highest BCUT2D eigenvalue weighted by Gasteiger charge is 2.23. The first-order chi connectivity index (χ1) is 8.32. The number of carbonyl (C=O) groups is 2. The maximum Gasteiger partial charge on any atom is 0.254 e. The van der Waals surface area contributed by atoms with E-state index in [0.29, 0.717) is 0 Å². The number of anilines is 1. The Balaban J connectivity index is 2.94. The lowest BCUT2D eigenvalue weighted by Crippen LogP contribution is -2.47. The highest BCUT2D eigenvalue weighted by atomic mass is 35.5. The van der Waals surface area contributed by atoms with Crippen molar-refractivity contribution in [1.29, 1.82) is 0 Å². The van der Waals surface area contributed by atoms with Gasteiger partial charge in [0.15, 0.2) is 0 Å². The van der Waals surface area contributed by atoms with Gasteiger partial charge >= 0.3 is 0 Å². The highest BCUT2D eigenvalue weighted by molar-refractivity contribution is 6.29. The largest absolute Gasteiger partial charge is 0.397 e. The molecule has 18 heavy (non-hydrogen) atoms. The van der Waals surface area contributed by atoms with Gasteiger partial charge in [0.05, 0.1) is 17.4 Å². The maximum absolute atomic E-state index is 12.0. The Kier molecular flexibility index (Phi) is 4.49. The third kappa shape index (κ3) is 3.33. The molecule has 0 saturated carbocycles. The second-order valence-corrected chi connectivity index (χ2v) is 4.58. The molecule has 0 radical (unpaired) electrons. The molecule has 0 aliphatic carbocycles. The van der Waals surface area contributed by atoms with Crippen LogP contribution < -0.4 is 16.8 Å². The van der Waals surface area contributed by atoms with E-state index in [2.05, 4.69) is 10.3 Å². The summed E-state index contributed by atoms with van der Waals surface area (Å²) in [6.45, 7) is 3.55. The molecule has 1 rings (SSSR count). The Morgan fingerprint density at radius 3 is 2.56 bits per heavy atom. The summed E-state index contributed by atoms with van der Waals surface area (Å²) in [5.41, 5.74) is 11.2. The number of pyridine rings is 1. The zero-order chi connectivity index (χ0) is 13.9. The quantitative estimate of drug-likeness (QED) is 0.694. The normalized spacial score (nSPS) is 12.2. The fraction of sp³-hybridized carbons (Fsp3) is 0.364. The van der Waals surface area contributed by atoms with Crippen molar-refractivity contribution in [1.82, 2.24) is 10.3 Å². The Morgan fingerprint density at radius 1 is 1.44 bits per heavy atom. The fourth-order valence-corrected chi connectivity index (χ4v) is 1.58. The van der Waals surface area contributed by atoms with Gasteiger partial charge in [-0.1, -0.05) is 25.4 Å². The van der Waals surface area contributed by atoms with Crippen LogP contribution in [-0.2, 0) is 4.79 Å². The van der Waals surface area contributed by atoms with Gasteiger partial charge in [-0.25, -0.2) is 4.98 Å². The van der Waals surface area contributed by atoms with Crippen LogP contribution in [0.4, 0.5) is 5.69 Å². The molecule has 0 aliphatic rings. The Bertz CT molecular complexity index is 476. The van der Waals surface area contributed by atoms with Crippen LogP contribution >= 0.6 is 11.6 Å². The molecule has 1 heterocycles. The van der Waals surface area contributed by atoms with Crippen LogP contribution in [0.1, 0.15) is 24.2 Å². The summed E-state index contributed by atoms with van der Waals surface area (Å²) in [7, 11) is 0. The smallest absolute Gasteiger partial charge is 0.254 e. The Hall–Kier alpha value is -1.82. The molecule has 0 spiro atoms. The zero-order valence-corrected chi connectivity index (χ0v) is 10.9. The van der Waals surface area contributed by atoms with Crippen molar-refractivity contribution < 1.29 is 9.59 Å². The molecule has 1 unspecified atom stereocenters. The monoisotopic (exact) mass is 270 g/mol. The molecule has 1 aromatic heterocycles. The lowest BCUT2D eigenvalue weighted by atomic mass is 10.0. The van der Waals surface area contributed by atoms with Gasteiger partial charge < -0.3 is 16.8 Å². The molecule has 2 amide bonds. The summed E-state index contributed by atoms with van der Waals surface area (Å²) < 4.78 is 0. The third-order valence-electron chi connectivity index (χ3n) is 2.41. The van der Waals surface area contributed by atoms with Crippen molar-refractivity contribution >= 4 is 29.1 Å². The number of halogens is 1. The predicted molar refractivity (Wildman–Crippen MR) is 68.9 cm³/mol. The minimum atomic E-state index is -0.760. The average Bonchev–Trinajstić information content (AvgIpc) is 2.28. The highest BCUT2D eigenvalue weighted by Crippen LogP contribution is 2.15. The van der Waals surface area contributed by atoms with Crippen molar-refractivity contribution in [2.24, 2.45) is 11.7 Å². The summed E-state index contributed by atoms with van der Waals surface area (Å²) in [4.78, 5) is 26.9. The van der Waals surface area contributed by atoms with Crippen molar-refractivity contribution in [2.75, 3.05) is 5.73 Å². The van der Waals surface area contributed by atoms with Gasteiger partial charge in [0.25, 0.3) is 5.91 Å². The summed E-state index contributed by atoms with van der Waals surface area (Å²) >= 11 is 5.68. The van der Waals surface area contributed by atoms with Gasteiger partial charge in [0.2, 0.25) is 5.91 Å². The van der Waals surface area contributed by atoms with Crippen molar-refractivity contribution in [3.05, 3.63) is 23.0 Å². The van der Waals surface area contributed by atoms with Gasteiger partial charge in [-0.3, -0.25) is 9.59 Å². The first-order valence-electron chi connectivity index (χ1n) is 5.34. The predicted octanol–water partition coefficient (Wildman–Crippen LogP) is 0.557. The SMILES string of the molecule is CC(C)C(NC(=O)c1cc(Cl)ncc1N)C(N)=O. The van der Waals surface area contributed by atoms with E-state index in [-0.39, 0.29) is 22.3 Å². The second kappa shape index (κ2) is 5.68. The number of carbonyl (C=O) groups excluding carboxylic acids is 2. The number of nitrogens with one attached hydrogen (secondary N) is 1. The molecule has 0 aromatic carbocycles. The van der Waals surface area contributed by atoms with Gasteiger partial charge in [-0.15, -0.1) is 0 Å². The first-order valence-corrected chi connectivity index (χ1v) is 5.72. The zero-order valence-electron chi connectivity index (χ0n) is 10.1. The minimum absolute atomic E-state index is 0.120. The maximum atomic E-state index is 12.0. The van der Waals surface area contributed by atoms with Gasteiger partial charge in [0, 0.05) is 0 Å². The van der Waals surface area contributed by atoms with Crippen molar-refractivity contribution in [2.45, 2.75) is 19.9 Å². The van der Waals surface area contributed by atoms with Crippen LogP contribution in [0.25, 0.3) is 0 Å². The second-order valence-electron chi connectivity index (χ2n) is 4.19. The summed E-state index contributed by atoms with van der Waals surface area (Å²) in [5, 5.41) is 2.67. The Labute approximate surface area is 110 Å². The number of amides is 2. The van der Waals surface area contributed by atoms with Crippen LogP contribution in [0.3, 0.4) is 0 Å². The number of nitrogen functional groups attached to an aromatic ring is 1. The molecule has 1 atom stereocenters. The molecule has 0 bridgehead atoms. The molecule has 0 fully saturated rings. The van der Waals surface area contributed by atoms with E-state index in [9.17, 15) is 9.59 Å². The molecule has 0 aliphatic heterocycles. The Morgan fingerprint density at radius 2 is 2.06 bits per heavy atom. The van der Waals surface area contributed by atoms with E-state index in [1.54, 1.807) is 13.8 Å². The van der Waals surface area contributed by atoms with Crippen molar-refractivity contribution in [3.8, 4) is 0 Å². The number of aromatic nitrogens is 1. The van der Waals surface area contributed by atoms with E-state index in [4.69, 9.17) is 23.1 Å². The molecule has 98 valence electrons. The molecule has 0 saturated heterocycles. The average molecular weight is 271 g/mol. The number of nitrogens with zero attached hydrogens (tertiary/aromatic N) is 1. The third-order valence-corrected chi connectivity index (χ3v) is 2.61. The number of nitrogens with two attached hydrogens (primary N) is 2.